The zero-order valence-electron chi connectivity index (χ0n) is 8.38. The van der Waals surface area contributed by atoms with E-state index in [0.29, 0.717) is 12.6 Å². The number of alkyl halides is 2. The Balaban J connectivity index is 2.68. The van der Waals surface area contributed by atoms with Crippen LogP contribution in [0, 0.1) is 0 Å². The number of hydrogen-bond donors (Lipinski definition) is 1. The molecule has 1 N–H and O–H groups in total. The fraction of sp³-hybridized carbons (Fsp3) is 0.300. The summed E-state index contributed by atoms with van der Waals surface area (Å²) in [7, 11) is 0. The number of nitrogens with one attached hydrogen (secondary N) is 1. The highest BCUT2D eigenvalue weighted by Gasteiger charge is 2.22. The van der Waals surface area contributed by atoms with Crippen LogP contribution < -0.4 is 10.1 Å². The van der Waals surface area contributed by atoms with E-state index in [0.717, 1.165) is 0 Å². The molecule has 0 bridgehead atoms. The van der Waals surface area contributed by atoms with Crippen LogP contribution in [0.2, 0.25) is 0 Å². The number of benzene rings is 1. The summed E-state index contributed by atoms with van der Waals surface area (Å²) in [5, 5.41) is 2.51. The number of rotatable bonds is 3. The molecule has 1 rings (SSSR count). The van der Waals surface area contributed by atoms with Gasteiger partial charge >= 0.3 is 6.11 Å². The molecule has 3 nitrogen and oxygen atoms in total. The lowest BCUT2D eigenvalue weighted by atomic mass is 10.3. The molecule has 0 spiro atoms. The first-order valence-electron chi connectivity index (χ1n) is 4.31. The van der Waals surface area contributed by atoms with Crippen molar-refractivity contribution in [2.75, 3.05) is 5.32 Å². The molecular formula is C10H11F2NO2. The highest BCUT2D eigenvalue weighted by molar-refractivity contribution is 5.88. The second-order valence-electron chi connectivity index (χ2n) is 3.12. The molecule has 0 fully saturated rings. The summed E-state index contributed by atoms with van der Waals surface area (Å²) in [5.74, 6) is -0.166. The van der Waals surface area contributed by atoms with Gasteiger partial charge in [-0.15, -0.1) is 0 Å². The Labute approximate surface area is 86.0 Å². The van der Waals surface area contributed by atoms with Gasteiger partial charge in [-0.3, -0.25) is 4.79 Å². The maximum absolute atomic E-state index is 12.4. The SMILES string of the molecule is CC(=O)Nc1ccc(OC(C)(F)F)cc1. The first-order chi connectivity index (χ1) is 6.87. The number of ether oxygens (including phenoxy) is 1. The predicted molar refractivity (Wildman–Crippen MR) is 52.0 cm³/mol. The van der Waals surface area contributed by atoms with E-state index in [1.54, 1.807) is 0 Å². The van der Waals surface area contributed by atoms with Crippen LogP contribution in [-0.4, -0.2) is 12.0 Å². The van der Waals surface area contributed by atoms with Gasteiger partial charge in [0.25, 0.3) is 0 Å². The lowest BCUT2D eigenvalue weighted by Gasteiger charge is -2.13. The van der Waals surface area contributed by atoms with Crippen LogP contribution in [0.25, 0.3) is 0 Å². The maximum atomic E-state index is 12.4. The van der Waals surface area contributed by atoms with Crippen LogP contribution >= 0.6 is 0 Å². The van der Waals surface area contributed by atoms with Crippen LogP contribution in [0.4, 0.5) is 14.5 Å². The van der Waals surface area contributed by atoms with E-state index < -0.39 is 6.11 Å². The summed E-state index contributed by atoms with van der Waals surface area (Å²) < 4.78 is 29.2. The Bertz CT molecular complexity index is 343. The second-order valence-corrected chi connectivity index (χ2v) is 3.12. The quantitative estimate of drug-likeness (QED) is 0.841. The molecule has 82 valence electrons. The minimum absolute atomic E-state index is 0.0524. The summed E-state index contributed by atoms with van der Waals surface area (Å²) in [4.78, 5) is 10.7. The minimum atomic E-state index is -3.20. The molecule has 5 heteroatoms. The Morgan fingerprint density at radius 2 is 1.87 bits per heavy atom. The van der Waals surface area contributed by atoms with Crippen LogP contribution in [0.3, 0.4) is 0 Å². The Hall–Kier alpha value is -1.65. The van der Waals surface area contributed by atoms with Crippen molar-refractivity contribution in [3.63, 3.8) is 0 Å². The number of amides is 1. The van der Waals surface area contributed by atoms with Gasteiger partial charge in [0.2, 0.25) is 5.91 Å². The van der Waals surface area contributed by atoms with Crippen molar-refractivity contribution in [1.82, 2.24) is 0 Å². The molecule has 0 saturated heterocycles. The van der Waals surface area contributed by atoms with Crippen molar-refractivity contribution in [3.05, 3.63) is 24.3 Å². The van der Waals surface area contributed by atoms with E-state index in [9.17, 15) is 13.6 Å². The van der Waals surface area contributed by atoms with Crippen LogP contribution in [0.1, 0.15) is 13.8 Å². The molecule has 1 aromatic carbocycles. The fourth-order valence-electron chi connectivity index (χ4n) is 1.02. The number of carbonyl (C=O) groups excluding carboxylic acids is 1. The number of hydrogen-bond acceptors (Lipinski definition) is 2. The number of halogens is 2. The van der Waals surface area contributed by atoms with Crippen molar-refractivity contribution in [2.24, 2.45) is 0 Å². The van der Waals surface area contributed by atoms with Crippen LogP contribution in [0.5, 0.6) is 5.75 Å². The molecule has 0 aliphatic carbocycles. The fourth-order valence-corrected chi connectivity index (χ4v) is 1.02. The monoisotopic (exact) mass is 215 g/mol. The van der Waals surface area contributed by atoms with Crippen molar-refractivity contribution in [2.45, 2.75) is 20.0 Å². The molecule has 15 heavy (non-hydrogen) atoms. The molecule has 0 saturated carbocycles. The summed E-state index contributed by atoms with van der Waals surface area (Å²) in [6.07, 6.45) is -3.20. The van der Waals surface area contributed by atoms with Gasteiger partial charge < -0.3 is 10.1 Å². The third-order valence-electron chi connectivity index (χ3n) is 1.47. The van der Waals surface area contributed by atoms with Gasteiger partial charge in [0, 0.05) is 19.5 Å². The first-order valence-corrected chi connectivity index (χ1v) is 4.31. The van der Waals surface area contributed by atoms with Crippen molar-refractivity contribution >= 4 is 11.6 Å². The Morgan fingerprint density at radius 3 is 2.27 bits per heavy atom. The van der Waals surface area contributed by atoms with Crippen LogP contribution in [0.15, 0.2) is 24.3 Å². The van der Waals surface area contributed by atoms with Crippen molar-refractivity contribution in [3.8, 4) is 5.75 Å². The largest absolute Gasteiger partial charge is 0.433 e. The predicted octanol–water partition coefficient (Wildman–Crippen LogP) is 2.64. The molecule has 1 aromatic rings. The topological polar surface area (TPSA) is 38.3 Å². The van der Waals surface area contributed by atoms with Gasteiger partial charge in [-0.25, -0.2) is 0 Å². The van der Waals surface area contributed by atoms with Gasteiger partial charge in [0.15, 0.2) is 0 Å². The highest BCUT2D eigenvalue weighted by Crippen LogP contribution is 2.22. The number of carbonyl (C=O) groups is 1. The molecular weight excluding hydrogens is 204 g/mol. The average Bonchev–Trinajstić information content (AvgIpc) is 2.05. The third-order valence-corrected chi connectivity index (χ3v) is 1.47. The molecule has 0 aliphatic heterocycles. The molecule has 0 atom stereocenters. The Morgan fingerprint density at radius 1 is 1.33 bits per heavy atom. The zero-order valence-corrected chi connectivity index (χ0v) is 8.38. The second kappa shape index (κ2) is 4.25. The van der Waals surface area contributed by atoms with E-state index in [1.165, 1.54) is 31.2 Å². The summed E-state index contributed by atoms with van der Waals surface area (Å²) >= 11 is 0. The molecule has 0 unspecified atom stereocenters. The summed E-state index contributed by atoms with van der Waals surface area (Å²) in [6.45, 7) is 2.03. The summed E-state index contributed by atoms with van der Waals surface area (Å²) in [5.41, 5.74) is 0.536. The lowest BCUT2D eigenvalue weighted by Crippen LogP contribution is -2.19. The van der Waals surface area contributed by atoms with Gasteiger partial charge in [-0.1, -0.05) is 0 Å². The molecule has 1 amide bonds. The van der Waals surface area contributed by atoms with Crippen molar-refractivity contribution in [1.29, 1.82) is 0 Å². The number of anilines is 1. The van der Waals surface area contributed by atoms with Gasteiger partial charge in [0.1, 0.15) is 5.75 Å². The minimum Gasteiger partial charge on any atom is -0.433 e. The normalized spacial score (nSPS) is 10.9. The van der Waals surface area contributed by atoms with E-state index in [1.807, 2.05) is 0 Å². The highest BCUT2D eigenvalue weighted by atomic mass is 19.3. The zero-order chi connectivity index (χ0) is 11.5. The summed E-state index contributed by atoms with van der Waals surface area (Å²) in [6, 6.07) is 5.70. The molecule has 0 radical (unpaired) electrons. The first kappa shape index (κ1) is 11.4. The van der Waals surface area contributed by atoms with E-state index in [-0.39, 0.29) is 11.7 Å². The standard InChI is InChI=1S/C10H11F2NO2/c1-7(14)13-8-3-5-9(6-4-8)15-10(2,11)12/h3-6H,1-2H3,(H,13,14). The molecule has 0 aliphatic rings. The van der Waals surface area contributed by atoms with Crippen LogP contribution in [-0.2, 0) is 4.79 Å². The van der Waals surface area contributed by atoms with Crippen molar-refractivity contribution < 1.29 is 18.3 Å². The van der Waals surface area contributed by atoms with E-state index in [4.69, 9.17) is 0 Å². The Kier molecular flexibility index (Phi) is 3.24. The average molecular weight is 215 g/mol. The smallest absolute Gasteiger partial charge is 0.394 e. The van der Waals surface area contributed by atoms with Gasteiger partial charge in [-0.05, 0) is 24.3 Å². The molecule has 0 aromatic heterocycles. The van der Waals surface area contributed by atoms with Gasteiger partial charge in [0.05, 0.1) is 0 Å². The van der Waals surface area contributed by atoms with E-state index in [2.05, 4.69) is 10.1 Å². The van der Waals surface area contributed by atoms with Gasteiger partial charge in [-0.2, -0.15) is 8.78 Å². The lowest BCUT2D eigenvalue weighted by molar-refractivity contribution is -0.158. The molecule has 0 heterocycles. The maximum Gasteiger partial charge on any atom is 0.394 e. The van der Waals surface area contributed by atoms with E-state index >= 15 is 0 Å². The third kappa shape index (κ3) is 4.39.